The summed E-state index contributed by atoms with van der Waals surface area (Å²) >= 11 is 5.36. The number of aromatic hydroxyl groups is 1. The van der Waals surface area contributed by atoms with Crippen LogP contribution < -0.4 is 5.56 Å². The molecule has 0 atom stereocenters. The number of hydrogen-bond acceptors (Lipinski definition) is 4. The lowest BCUT2D eigenvalue weighted by Gasteiger charge is -2.13. The SMILES string of the molecule is Cc1cccc(-n2c(O)c(/C=C3/C(c4ccccc4)=Nc4ccccc43)c(=O)[nH]c2=S)c1. The van der Waals surface area contributed by atoms with Crippen molar-refractivity contribution in [3.63, 3.8) is 0 Å². The molecule has 0 saturated heterocycles. The van der Waals surface area contributed by atoms with Gasteiger partial charge in [-0.3, -0.25) is 14.3 Å². The number of aromatic amines is 1. The van der Waals surface area contributed by atoms with Crippen molar-refractivity contribution in [2.75, 3.05) is 0 Å². The minimum Gasteiger partial charge on any atom is -0.494 e. The van der Waals surface area contributed by atoms with E-state index in [9.17, 15) is 9.90 Å². The molecule has 0 bridgehead atoms. The summed E-state index contributed by atoms with van der Waals surface area (Å²) < 4.78 is 1.60. The van der Waals surface area contributed by atoms with E-state index in [0.717, 1.165) is 33.7 Å². The third-order valence-corrected chi connectivity index (χ3v) is 5.68. The molecule has 0 fully saturated rings. The molecule has 6 heteroatoms. The Morgan fingerprint density at radius 2 is 1.75 bits per heavy atom. The van der Waals surface area contributed by atoms with Crippen LogP contribution in [0.15, 0.2) is 88.6 Å². The lowest BCUT2D eigenvalue weighted by Crippen LogP contribution is -2.16. The highest BCUT2D eigenvalue weighted by Crippen LogP contribution is 2.38. The second-order valence-electron chi connectivity index (χ2n) is 7.57. The van der Waals surface area contributed by atoms with E-state index in [2.05, 4.69) is 4.98 Å². The number of aryl methyl sites for hydroxylation is 1. The Hall–Kier alpha value is -4.03. The predicted octanol–water partition coefficient (Wildman–Crippen LogP) is 5.58. The van der Waals surface area contributed by atoms with Crippen LogP contribution in [0.25, 0.3) is 17.3 Å². The van der Waals surface area contributed by atoms with E-state index in [1.54, 1.807) is 6.08 Å². The number of allylic oxidation sites excluding steroid dienone is 1. The minimum atomic E-state index is -0.458. The van der Waals surface area contributed by atoms with E-state index in [1.807, 2.05) is 85.8 Å². The van der Waals surface area contributed by atoms with Crippen LogP contribution in [0.2, 0.25) is 0 Å². The maximum absolute atomic E-state index is 12.9. The van der Waals surface area contributed by atoms with Gasteiger partial charge in [0, 0.05) is 16.7 Å². The first-order valence-electron chi connectivity index (χ1n) is 10.1. The van der Waals surface area contributed by atoms with Gasteiger partial charge < -0.3 is 5.11 Å². The number of nitrogens with zero attached hydrogens (tertiary/aromatic N) is 2. The summed E-state index contributed by atoms with van der Waals surface area (Å²) in [5, 5.41) is 11.2. The Morgan fingerprint density at radius 1 is 1.00 bits per heavy atom. The summed E-state index contributed by atoms with van der Waals surface area (Å²) in [7, 11) is 0. The molecule has 0 spiro atoms. The van der Waals surface area contributed by atoms with E-state index in [4.69, 9.17) is 17.2 Å². The van der Waals surface area contributed by atoms with Gasteiger partial charge in [0.15, 0.2) is 4.77 Å². The Labute approximate surface area is 189 Å². The summed E-state index contributed by atoms with van der Waals surface area (Å²) in [6, 6.07) is 25.1. The average Bonchev–Trinajstić information content (AvgIpc) is 3.15. The van der Waals surface area contributed by atoms with Crippen LogP contribution in [0.4, 0.5) is 5.69 Å². The topological polar surface area (TPSA) is 70.4 Å². The smallest absolute Gasteiger partial charge is 0.262 e. The van der Waals surface area contributed by atoms with Crippen LogP contribution in [-0.4, -0.2) is 20.4 Å². The lowest BCUT2D eigenvalue weighted by molar-refractivity contribution is 0.432. The highest BCUT2D eigenvalue weighted by atomic mass is 32.1. The number of aromatic nitrogens is 2. The van der Waals surface area contributed by atoms with Gasteiger partial charge in [-0.2, -0.15) is 0 Å². The molecule has 2 heterocycles. The van der Waals surface area contributed by atoms with E-state index >= 15 is 0 Å². The Kier molecular flexibility index (Phi) is 4.92. The molecular weight excluding hydrogens is 418 g/mol. The summed E-state index contributed by atoms with van der Waals surface area (Å²) in [5.74, 6) is -0.214. The molecule has 0 unspecified atom stereocenters. The van der Waals surface area contributed by atoms with Crippen molar-refractivity contribution in [3.05, 3.63) is 116 Å². The van der Waals surface area contributed by atoms with Crippen molar-refractivity contribution in [2.24, 2.45) is 4.99 Å². The number of fused-ring (bicyclic) bond motifs is 1. The molecule has 0 amide bonds. The van der Waals surface area contributed by atoms with Crippen LogP contribution in [-0.2, 0) is 0 Å². The highest BCUT2D eigenvalue weighted by Gasteiger charge is 2.23. The van der Waals surface area contributed by atoms with Gasteiger partial charge in [0.2, 0.25) is 5.88 Å². The maximum Gasteiger partial charge on any atom is 0.262 e. The first-order valence-corrected chi connectivity index (χ1v) is 10.5. The zero-order valence-electron chi connectivity index (χ0n) is 17.2. The molecule has 156 valence electrons. The number of H-pyrrole nitrogens is 1. The molecule has 0 radical (unpaired) electrons. The second-order valence-corrected chi connectivity index (χ2v) is 7.96. The molecule has 1 aromatic heterocycles. The fraction of sp³-hybridized carbons (Fsp3) is 0.0385. The normalized spacial score (nSPS) is 13.8. The van der Waals surface area contributed by atoms with Gasteiger partial charge in [0.25, 0.3) is 5.56 Å². The molecule has 0 aliphatic carbocycles. The van der Waals surface area contributed by atoms with Gasteiger partial charge in [0.1, 0.15) is 5.56 Å². The van der Waals surface area contributed by atoms with E-state index in [0.29, 0.717) is 5.69 Å². The first kappa shape index (κ1) is 19.9. The van der Waals surface area contributed by atoms with E-state index in [1.165, 1.54) is 4.57 Å². The monoisotopic (exact) mass is 437 g/mol. The molecule has 1 aliphatic rings. The van der Waals surface area contributed by atoms with E-state index < -0.39 is 5.56 Å². The Morgan fingerprint density at radius 3 is 2.53 bits per heavy atom. The number of hydrogen-bond donors (Lipinski definition) is 2. The number of benzene rings is 3. The second kappa shape index (κ2) is 7.90. The molecule has 4 aromatic rings. The van der Waals surface area contributed by atoms with Gasteiger partial charge in [0.05, 0.1) is 17.1 Å². The van der Waals surface area contributed by atoms with Crippen molar-refractivity contribution >= 4 is 35.3 Å². The third kappa shape index (κ3) is 3.40. The summed E-state index contributed by atoms with van der Waals surface area (Å²) in [5.41, 5.74) is 5.50. The predicted molar refractivity (Wildman–Crippen MR) is 131 cm³/mol. The minimum absolute atomic E-state index is 0.121. The molecule has 5 rings (SSSR count). The molecule has 5 nitrogen and oxygen atoms in total. The Balaban J connectivity index is 1.75. The summed E-state index contributed by atoms with van der Waals surface area (Å²) in [6.45, 7) is 1.96. The fourth-order valence-corrected chi connectivity index (χ4v) is 4.17. The van der Waals surface area contributed by atoms with Crippen molar-refractivity contribution in [1.82, 2.24) is 9.55 Å². The molecule has 2 N–H and O–H groups in total. The molecule has 3 aromatic carbocycles. The summed E-state index contributed by atoms with van der Waals surface area (Å²) in [4.78, 5) is 20.4. The fourth-order valence-electron chi connectivity index (χ4n) is 3.89. The van der Waals surface area contributed by atoms with Gasteiger partial charge >= 0.3 is 0 Å². The third-order valence-electron chi connectivity index (χ3n) is 5.40. The van der Waals surface area contributed by atoms with Gasteiger partial charge in [-0.25, -0.2) is 4.99 Å². The van der Waals surface area contributed by atoms with Crippen molar-refractivity contribution in [2.45, 2.75) is 6.92 Å². The lowest BCUT2D eigenvalue weighted by atomic mass is 9.96. The quantitative estimate of drug-likeness (QED) is 0.411. The van der Waals surface area contributed by atoms with Crippen LogP contribution in [0.1, 0.15) is 22.3 Å². The zero-order valence-corrected chi connectivity index (χ0v) is 18.1. The van der Waals surface area contributed by atoms with Gasteiger partial charge in [-0.1, -0.05) is 60.7 Å². The highest BCUT2D eigenvalue weighted by molar-refractivity contribution is 7.71. The Bertz CT molecular complexity index is 1530. The largest absolute Gasteiger partial charge is 0.494 e. The number of aliphatic imine (C=N–C) groups is 1. The number of nitrogens with one attached hydrogen (secondary N) is 1. The van der Waals surface area contributed by atoms with Gasteiger partial charge in [-0.15, -0.1) is 0 Å². The molecule has 0 saturated carbocycles. The molecule has 32 heavy (non-hydrogen) atoms. The van der Waals surface area contributed by atoms with Crippen molar-refractivity contribution < 1.29 is 5.11 Å². The number of para-hydroxylation sites is 1. The summed E-state index contributed by atoms with van der Waals surface area (Å²) in [6.07, 6.45) is 1.69. The van der Waals surface area contributed by atoms with Crippen LogP contribution in [0, 0.1) is 11.7 Å². The van der Waals surface area contributed by atoms with Crippen molar-refractivity contribution in [1.29, 1.82) is 0 Å². The molecular formula is C26H19N3O2S. The van der Waals surface area contributed by atoms with E-state index in [-0.39, 0.29) is 16.2 Å². The average molecular weight is 438 g/mol. The zero-order chi connectivity index (χ0) is 22.2. The molecule has 1 aliphatic heterocycles. The first-order chi connectivity index (χ1) is 15.5. The van der Waals surface area contributed by atoms with Crippen molar-refractivity contribution in [3.8, 4) is 11.6 Å². The standard InChI is InChI=1S/C26H19N3O2S/c1-16-8-7-11-18(14-16)29-25(31)21(24(30)28-26(29)32)15-20-19-12-5-6-13-22(19)27-23(20)17-9-3-2-4-10-17/h2-15,31H,1H3,(H,28,30,32)/b20-15+. The van der Waals surface area contributed by atoms with Crippen LogP contribution >= 0.6 is 12.2 Å². The van der Waals surface area contributed by atoms with Crippen LogP contribution in [0.5, 0.6) is 5.88 Å². The maximum atomic E-state index is 12.9. The van der Waals surface area contributed by atoms with Crippen LogP contribution in [0.3, 0.4) is 0 Å². The number of rotatable bonds is 3. The van der Waals surface area contributed by atoms with Gasteiger partial charge in [-0.05, 0) is 49.0 Å².